The summed E-state index contributed by atoms with van der Waals surface area (Å²) in [6.45, 7) is 5.41. The highest BCUT2D eigenvalue weighted by atomic mass is 35.5. The minimum atomic E-state index is -3.49. The fraction of sp³-hybridized carbons (Fsp3) is 0.417. The number of aryl methyl sites for hydroxylation is 1. The van der Waals surface area contributed by atoms with Crippen molar-refractivity contribution in [3.05, 3.63) is 29.3 Å². The Labute approximate surface area is 120 Å². The van der Waals surface area contributed by atoms with Crippen LogP contribution in [-0.2, 0) is 10.0 Å². The van der Waals surface area contributed by atoms with E-state index in [0.717, 1.165) is 6.54 Å². The van der Waals surface area contributed by atoms with Gasteiger partial charge < -0.3 is 5.32 Å². The molecule has 0 saturated carbocycles. The Bertz CT molecular complexity index is 553. The van der Waals surface area contributed by atoms with Crippen LogP contribution in [0.5, 0.6) is 0 Å². The molecule has 106 valence electrons. The third-order valence-corrected chi connectivity index (χ3v) is 3.93. The maximum Gasteiger partial charge on any atom is 0.240 e. The molecule has 0 spiro atoms. The van der Waals surface area contributed by atoms with Gasteiger partial charge in [-0.1, -0.05) is 6.92 Å². The number of sulfonamides is 1. The minimum absolute atomic E-state index is 0. The zero-order chi connectivity index (χ0) is 13.6. The van der Waals surface area contributed by atoms with Crippen molar-refractivity contribution < 1.29 is 8.42 Å². The third kappa shape index (κ3) is 5.17. The number of halogens is 1. The van der Waals surface area contributed by atoms with Crippen LogP contribution in [0.2, 0.25) is 0 Å². The van der Waals surface area contributed by atoms with Gasteiger partial charge in [0.25, 0.3) is 0 Å². The van der Waals surface area contributed by atoms with Gasteiger partial charge in [-0.2, -0.15) is 5.26 Å². The van der Waals surface area contributed by atoms with E-state index in [1.165, 1.54) is 18.2 Å². The molecule has 0 amide bonds. The normalized spacial score (nSPS) is 10.6. The maximum absolute atomic E-state index is 11.9. The third-order valence-electron chi connectivity index (χ3n) is 2.47. The largest absolute Gasteiger partial charge is 0.316 e. The zero-order valence-electron chi connectivity index (χ0n) is 10.9. The highest BCUT2D eigenvalue weighted by molar-refractivity contribution is 7.89. The molecule has 2 N–H and O–H groups in total. The quantitative estimate of drug-likeness (QED) is 0.773. The molecule has 1 aromatic carbocycles. The van der Waals surface area contributed by atoms with Crippen LogP contribution in [0.3, 0.4) is 0 Å². The molecule has 1 rings (SSSR count). The second-order valence-corrected chi connectivity index (χ2v) is 5.61. The van der Waals surface area contributed by atoms with Gasteiger partial charge in [-0.05, 0) is 37.2 Å². The lowest BCUT2D eigenvalue weighted by Crippen LogP contribution is -2.31. The lowest BCUT2D eigenvalue weighted by Gasteiger charge is -2.08. The Morgan fingerprint density at radius 1 is 1.32 bits per heavy atom. The van der Waals surface area contributed by atoms with Crippen molar-refractivity contribution in [1.29, 1.82) is 5.26 Å². The van der Waals surface area contributed by atoms with Crippen LogP contribution < -0.4 is 10.0 Å². The molecular formula is C12H18ClN3O2S. The molecule has 0 aromatic heterocycles. The molecule has 0 aliphatic rings. The van der Waals surface area contributed by atoms with E-state index in [1.54, 1.807) is 6.92 Å². The summed E-state index contributed by atoms with van der Waals surface area (Å²) in [6.07, 6.45) is 0. The van der Waals surface area contributed by atoms with E-state index >= 15 is 0 Å². The van der Waals surface area contributed by atoms with Gasteiger partial charge >= 0.3 is 0 Å². The topological polar surface area (TPSA) is 82.0 Å². The lowest BCUT2D eigenvalue weighted by atomic mass is 10.1. The van der Waals surface area contributed by atoms with E-state index in [0.29, 0.717) is 24.2 Å². The van der Waals surface area contributed by atoms with E-state index in [1.807, 2.05) is 13.0 Å². The summed E-state index contributed by atoms with van der Waals surface area (Å²) < 4.78 is 26.4. The Balaban J connectivity index is 0.00000324. The van der Waals surface area contributed by atoms with Gasteiger partial charge in [0.2, 0.25) is 10.0 Å². The van der Waals surface area contributed by atoms with Crippen molar-refractivity contribution in [2.75, 3.05) is 19.6 Å². The average molecular weight is 304 g/mol. The second kappa shape index (κ2) is 8.12. The molecule has 0 aliphatic carbocycles. The maximum atomic E-state index is 11.9. The average Bonchev–Trinajstić information content (AvgIpc) is 2.34. The Kier molecular flexibility index (Phi) is 7.64. The van der Waals surface area contributed by atoms with Gasteiger partial charge in [0.05, 0.1) is 16.5 Å². The van der Waals surface area contributed by atoms with Crippen LogP contribution >= 0.6 is 12.4 Å². The number of hydrogen-bond acceptors (Lipinski definition) is 4. The highest BCUT2D eigenvalue weighted by Crippen LogP contribution is 2.14. The minimum Gasteiger partial charge on any atom is -0.316 e. The molecule has 0 saturated heterocycles. The van der Waals surface area contributed by atoms with Crippen molar-refractivity contribution in [1.82, 2.24) is 10.0 Å². The van der Waals surface area contributed by atoms with Crippen molar-refractivity contribution in [3.63, 3.8) is 0 Å². The van der Waals surface area contributed by atoms with E-state index in [2.05, 4.69) is 10.0 Å². The summed E-state index contributed by atoms with van der Waals surface area (Å²) in [5.74, 6) is 0. The van der Waals surface area contributed by atoms with Crippen LogP contribution in [0.1, 0.15) is 18.1 Å². The smallest absolute Gasteiger partial charge is 0.240 e. The fourth-order valence-electron chi connectivity index (χ4n) is 1.46. The summed E-state index contributed by atoms with van der Waals surface area (Å²) in [4.78, 5) is 0.190. The van der Waals surface area contributed by atoms with Gasteiger partial charge in [0, 0.05) is 13.1 Å². The van der Waals surface area contributed by atoms with Gasteiger partial charge in [-0.25, -0.2) is 13.1 Å². The number of nitrogens with zero attached hydrogens (tertiary/aromatic N) is 1. The Hall–Kier alpha value is -1.13. The standard InChI is InChI=1S/C12H17N3O2S.ClH/c1-3-14-6-7-15-18(16,17)12-5-4-11(9-13)10(2)8-12;/h4-5,8,14-15H,3,6-7H2,1-2H3;1H. The molecule has 0 fully saturated rings. The van der Waals surface area contributed by atoms with Crippen molar-refractivity contribution in [2.45, 2.75) is 18.7 Å². The number of rotatable bonds is 6. The summed E-state index contributed by atoms with van der Waals surface area (Å²) >= 11 is 0. The summed E-state index contributed by atoms with van der Waals surface area (Å²) in [5, 5.41) is 11.8. The van der Waals surface area contributed by atoms with Gasteiger partial charge in [0.15, 0.2) is 0 Å². The number of likely N-dealkylation sites (N-methyl/N-ethyl adjacent to an activating group) is 1. The first kappa shape index (κ1) is 17.9. The van der Waals surface area contributed by atoms with Crippen molar-refractivity contribution in [2.24, 2.45) is 0 Å². The zero-order valence-corrected chi connectivity index (χ0v) is 12.6. The first-order valence-corrected chi connectivity index (χ1v) is 7.20. The molecule has 0 unspecified atom stereocenters. The number of nitriles is 1. The predicted molar refractivity (Wildman–Crippen MR) is 76.9 cm³/mol. The molecule has 0 radical (unpaired) electrons. The van der Waals surface area contributed by atoms with Crippen LogP contribution in [0.4, 0.5) is 0 Å². The van der Waals surface area contributed by atoms with Gasteiger partial charge in [-0.3, -0.25) is 0 Å². The van der Waals surface area contributed by atoms with Gasteiger partial charge in [-0.15, -0.1) is 12.4 Å². The molecule has 0 atom stereocenters. The molecule has 1 aromatic rings. The molecule has 5 nitrogen and oxygen atoms in total. The van der Waals surface area contributed by atoms with Crippen LogP contribution in [0, 0.1) is 18.3 Å². The second-order valence-electron chi connectivity index (χ2n) is 3.84. The van der Waals surface area contributed by atoms with E-state index in [4.69, 9.17) is 5.26 Å². The number of nitrogens with one attached hydrogen (secondary N) is 2. The predicted octanol–water partition coefficient (Wildman–Crippen LogP) is 1.18. The van der Waals surface area contributed by atoms with Crippen molar-refractivity contribution >= 4 is 22.4 Å². The highest BCUT2D eigenvalue weighted by Gasteiger charge is 2.14. The van der Waals surface area contributed by atoms with Crippen molar-refractivity contribution in [3.8, 4) is 6.07 Å². The first-order chi connectivity index (χ1) is 8.51. The molecule has 0 bridgehead atoms. The fourth-order valence-corrected chi connectivity index (χ4v) is 2.58. The summed E-state index contributed by atoms with van der Waals surface area (Å²) in [7, 11) is -3.49. The van der Waals surface area contributed by atoms with Gasteiger partial charge in [0.1, 0.15) is 0 Å². The number of hydrogen-bond donors (Lipinski definition) is 2. The lowest BCUT2D eigenvalue weighted by molar-refractivity contribution is 0.577. The van der Waals surface area contributed by atoms with Crippen LogP contribution in [-0.4, -0.2) is 28.1 Å². The monoisotopic (exact) mass is 303 g/mol. The van der Waals surface area contributed by atoms with E-state index in [-0.39, 0.29) is 17.3 Å². The van der Waals surface area contributed by atoms with E-state index < -0.39 is 10.0 Å². The first-order valence-electron chi connectivity index (χ1n) is 5.72. The molecule has 7 heteroatoms. The number of benzene rings is 1. The summed E-state index contributed by atoms with van der Waals surface area (Å²) in [5.41, 5.74) is 1.15. The molecular weight excluding hydrogens is 286 g/mol. The van der Waals surface area contributed by atoms with Crippen LogP contribution in [0.25, 0.3) is 0 Å². The molecule has 0 aliphatic heterocycles. The van der Waals surface area contributed by atoms with Crippen LogP contribution in [0.15, 0.2) is 23.1 Å². The van der Waals surface area contributed by atoms with E-state index in [9.17, 15) is 8.42 Å². The molecule has 19 heavy (non-hydrogen) atoms. The Morgan fingerprint density at radius 3 is 2.53 bits per heavy atom. The molecule has 0 heterocycles. The Morgan fingerprint density at radius 2 is 2.00 bits per heavy atom. The summed E-state index contributed by atoms with van der Waals surface area (Å²) in [6, 6.07) is 6.48. The SMILES string of the molecule is CCNCCNS(=O)(=O)c1ccc(C#N)c(C)c1.Cl.